The first-order chi connectivity index (χ1) is 16.4. The maximum absolute atomic E-state index is 11.7. The molecule has 200 valence electrons. The molecule has 7 N–H and O–H groups in total. The van der Waals surface area contributed by atoms with Gasteiger partial charge in [-0.1, -0.05) is 22.6 Å². The first-order valence-corrected chi connectivity index (χ1v) is 13.9. The van der Waals surface area contributed by atoms with Crippen LogP contribution in [0.3, 0.4) is 0 Å². The van der Waals surface area contributed by atoms with E-state index < -0.39 is 101 Å². The molecule has 0 saturated carbocycles. The molecule has 34 heavy (non-hydrogen) atoms. The van der Waals surface area contributed by atoms with Crippen LogP contribution in [0, 0.1) is 3.56 Å². The number of carbonyl (C=O) groups is 2. The summed E-state index contributed by atoms with van der Waals surface area (Å²) in [6.45, 7) is 3.17. The van der Waals surface area contributed by atoms with Crippen molar-refractivity contribution in [3.8, 4) is 0 Å². The van der Waals surface area contributed by atoms with Crippen molar-refractivity contribution in [1.82, 2.24) is 10.6 Å². The Morgan fingerprint density at radius 1 is 1.06 bits per heavy atom. The number of nitrogens with one attached hydrogen (secondary N) is 3. The van der Waals surface area contributed by atoms with Gasteiger partial charge in [0, 0.05) is 21.0 Å². The van der Waals surface area contributed by atoms with Gasteiger partial charge in [0.15, 0.2) is 6.29 Å². The highest BCUT2D eigenvalue weighted by molar-refractivity contribution is 14.2. The Bertz CT molecular complexity index is 697. The van der Waals surface area contributed by atoms with Gasteiger partial charge >= 0.3 is 0 Å². The van der Waals surface area contributed by atoms with Gasteiger partial charge in [0.1, 0.15) is 42.7 Å². The van der Waals surface area contributed by atoms with E-state index >= 15 is 0 Å². The number of aliphatic hydroxyl groups excluding tert-OH is 4. The predicted octanol–water partition coefficient (Wildman–Crippen LogP) is -1.27. The summed E-state index contributed by atoms with van der Waals surface area (Å²) in [6, 6.07) is -1.93. The number of carbonyl (C=O) groups excluding carboxylic acids is 2. The maximum Gasteiger partial charge on any atom is 0.217 e. The van der Waals surface area contributed by atoms with Crippen molar-refractivity contribution in [2.24, 2.45) is 0 Å². The van der Waals surface area contributed by atoms with Gasteiger partial charge in [-0.2, -0.15) is 0 Å². The minimum Gasteiger partial charge on any atom is -0.394 e. The lowest BCUT2D eigenvalue weighted by Crippen LogP contribution is -2.69. The van der Waals surface area contributed by atoms with Crippen molar-refractivity contribution in [1.29, 1.82) is 3.56 Å². The molecule has 0 spiro atoms. The van der Waals surface area contributed by atoms with Crippen LogP contribution in [0.15, 0.2) is 0 Å². The van der Waals surface area contributed by atoms with Crippen molar-refractivity contribution in [3.63, 3.8) is 0 Å². The van der Waals surface area contributed by atoms with Crippen molar-refractivity contribution >= 4 is 55.4 Å². The number of halogens is 2. The standard InChI is InChI=1S/C18H32N2O10.CH3I2N/c1-7-12(19-8(2)23)14(25)17(11(6-22)28-7)30-18-13(20-9(3)24)15(26)16(27-4)10(5-21)29-18;2-1-3-4/h7,10-18,21-22,25-26H,5-6H2,1-4H3,(H,19,23)(H,20,24);4H,1H2/t7-,10?,11-,12?,13?,14?,15+,16+,17+,18-;/m0./s1/i;1T. The van der Waals surface area contributed by atoms with E-state index in [0.717, 1.165) is 0 Å². The molecule has 2 amide bonds. The molecule has 0 aliphatic carbocycles. The molecule has 5 unspecified atom stereocenters. The first-order valence-electron chi connectivity index (χ1n) is 11.0. The smallest absolute Gasteiger partial charge is 0.217 e. The Morgan fingerprint density at radius 2 is 1.53 bits per heavy atom. The SMILES string of the molecule is CO[C@@H]1C(CO)O[C@@H](O[C@H]2C(O)C(NC(C)=O)[C@H](C)O[C@H]2CO)C(NC(C)=O)[C@H]1O.[3H]C(I)I=N. The average Bonchev–Trinajstić information content (AvgIpc) is 2.80. The molecule has 2 fully saturated rings. The fourth-order valence-electron chi connectivity index (χ4n) is 3.91. The summed E-state index contributed by atoms with van der Waals surface area (Å²) in [6.07, 6.45) is -8.57. The minimum atomic E-state index is -1.31. The van der Waals surface area contributed by atoms with Crippen molar-refractivity contribution in [2.75, 3.05) is 22.7 Å². The molecule has 2 aliphatic rings. The number of hydrogen-bond donors (Lipinski definition) is 7. The maximum atomic E-state index is 11.7. The molecule has 0 aromatic rings. The number of rotatable bonds is 8. The van der Waals surface area contributed by atoms with Crippen LogP contribution in [0.4, 0.5) is 0 Å². The number of methoxy groups -OCH3 is 1. The average molecular weight is 721 g/mol. The number of ether oxygens (including phenoxy) is 4. The number of amides is 2. The minimum absolute atomic E-state index is 0.119. The van der Waals surface area contributed by atoms with E-state index in [-0.39, 0.29) is 8.32 Å². The lowest BCUT2D eigenvalue weighted by atomic mass is 9.92. The van der Waals surface area contributed by atoms with Gasteiger partial charge in [-0.25, -0.2) is 0 Å². The topological polar surface area (TPSA) is 200 Å². The molecule has 15 heteroatoms. The summed E-state index contributed by atoms with van der Waals surface area (Å²) in [5.74, 6) is -0.864. The summed E-state index contributed by atoms with van der Waals surface area (Å²) in [7, 11) is 1.33. The third-order valence-corrected chi connectivity index (χ3v) is 7.16. The largest absolute Gasteiger partial charge is 0.394 e. The second-order valence-corrected chi connectivity index (χ2v) is 12.0. The molecule has 0 aromatic carbocycles. The number of alkyl halides is 2. The second-order valence-electron chi connectivity index (χ2n) is 7.71. The third-order valence-electron chi connectivity index (χ3n) is 5.34. The zero-order valence-corrected chi connectivity index (χ0v) is 23.6. The molecule has 0 radical (unpaired) electrons. The lowest BCUT2D eigenvalue weighted by molar-refractivity contribution is -0.315. The van der Waals surface area contributed by atoms with Crippen LogP contribution in [-0.4, -0.2) is 116 Å². The number of hydrogen-bond acceptors (Lipinski definition) is 11. The van der Waals surface area contributed by atoms with Crippen molar-refractivity contribution in [3.05, 3.63) is 0 Å². The van der Waals surface area contributed by atoms with Crippen LogP contribution in [0.1, 0.15) is 22.1 Å². The van der Waals surface area contributed by atoms with Gasteiger partial charge in [-0.15, -0.1) is 0 Å². The van der Waals surface area contributed by atoms with Crippen LogP contribution < -0.4 is 10.6 Å². The van der Waals surface area contributed by atoms with E-state index in [4.69, 9.17) is 23.9 Å². The van der Waals surface area contributed by atoms with Crippen LogP contribution in [0.25, 0.3) is 0 Å². The quantitative estimate of drug-likeness (QED) is 0.117. The van der Waals surface area contributed by atoms with E-state index in [9.17, 15) is 30.0 Å². The summed E-state index contributed by atoms with van der Waals surface area (Å²) >= 11 is 1.39. The van der Waals surface area contributed by atoms with Crippen molar-refractivity contribution < 1.29 is 50.3 Å². The Hall–Kier alpha value is -0.120. The number of aliphatic hydroxyl groups is 4. The zero-order valence-electron chi connectivity index (χ0n) is 20.3. The summed E-state index contributed by atoms with van der Waals surface area (Å²) in [5, 5.41) is 45.9. The fraction of sp³-hybridized carbons (Fsp3) is 0.895. The molecule has 13 nitrogen and oxygen atoms in total. The van der Waals surface area contributed by atoms with Gasteiger partial charge in [-0.05, 0) is 28.0 Å². The normalized spacial score (nSPS) is 39.1. The molecule has 0 aromatic heterocycles. The summed E-state index contributed by atoms with van der Waals surface area (Å²) in [4.78, 5) is 23.2. The lowest BCUT2D eigenvalue weighted by Gasteiger charge is -2.48. The van der Waals surface area contributed by atoms with Gasteiger partial charge < -0.3 is 50.0 Å². The Labute approximate surface area is 223 Å². The molecular formula is C19H35I2N3O10. The Balaban J connectivity index is 0.00000111. The van der Waals surface area contributed by atoms with Crippen LogP contribution >= 0.6 is 43.6 Å². The zero-order chi connectivity index (χ0) is 26.9. The Morgan fingerprint density at radius 3 is 1.97 bits per heavy atom. The second kappa shape index (κ2) is 15.9. The molecule has 2 rings (SSSR count). The van der Waals surface area contributed by atoms with E-state index in [1.54, 1.807) is 6.92 Å². The summed E-state index contributed by atoms with van der Waals surface area (Å²) in [5.41, 5.74) is 0. The monoisotopic (exact) mass is 721 g/mol. The van der Waals surface area contributed by atoms with Gasteiger partial charge in [0.05, 0.1) is 29.1 Å². The Kier molecular flexibility index (Phi) is 14.1. The van der Waals surface area contributed by atoms with Crippen molar-refractivity contribution in [2.45, 2.75) is 81.9 Å². The molecule has 2 aliphatic heterocycles. The highest BCUT2D eigenvalue weighted by atomic mass is 127. The molecule has 2 saturated heterocycles. The van der Waals surface area contributed by atoms with E-state index in [0.29, 0.717) is 0 Å². The predicted molar refractivity (Wildman–Crippen MR) is 136 cm³/mol. The van der Waals surface area contributed by atoms with E-state index in [1.807, 2.05) is 22.6 Å². The highest BCUT2D eigenvalue weighted by Crippen LogP contribution is 2.30. The van der Waals surface area contributed by atoms with Crippen LogP contribution in [-0.2, 0) is 28.5 Å². The fourth-order valence-corrected chi connectivity index (χ4v) is 3.91. The highest BCUT2D eigenvalue weighted by Gasteiger charge is 2.51. The third kappa shape index (κ3) is 8.77. The molecular weight excluding hydrogens is 684 g/mol. The van der Waals surface area contributed by atoms with E-state index in [1.165, 1.54) is 21.0 Å². The molecule has 11 atom stereocenters. The first kappa shape index (κ1) is 30.1. The van der Waals surface area contributed by atoms with Gasteiger partial charge in [0.25, 0.3) is 0 Å². The van der Waals surface area contributed by atoms with Crippen LogP contribution in [0.5, 0.6) is 0 Å². The van der Waals surface area contributed by atoms with Gasteiger partial charge in [-0.3, -0.25) is 13.2 Å². The van der Waals surface area contributed by atoms with Crippen LogP contribution in [0.2, 0.25) is 0 Å². The van der Waals surface area contributed by atoms with Gasteiger partial charge in [0.2, 0.25) is 11.8 Å². The molecule has 0 bridgehead atoms. The molecule has 2 heterocycles. The van der Waals surface area contributed by atoms with E-state index in [2.05, 4.69) is 10.6 Å². The summed E-state index contributed by atoms with van der Waals surface area (Å²) < 4.78 is 35.6.